The summed E-state index contributed by atoms with van der Waals surface area (Å²) in [5.41, 5.74) is 1.98. The molecule has 0 amide bonds. The molecule has 1 unspecified atom stereocenters. The number of hydrogen-bond acceptors (Lipinski definition) is 2. The highest BCUT2D eigenvalue weighted by molar-refractivity contribution is 9.10. The second kappa shape index (κ2) is 6.12. The van der Waals surface area contributed by atoms with Gasteiger partial charge >= 0.3 is 0 Å². The fourth-order valence-electron chi connectivity index (χ4n) is 1.38. The summed E-state index contributed by atoms with van der Waals surface area (Å²) in [4.78, 5) is 0. The van der Waals surface area contributed by atoms with Gasteiger partial charge in [0, 0.05) is 15.5 Å². The monoisotopic (exact) mass is 300 g/mol. The zero-order chi connectivity index (χ0) is 12.1. The molecule has 0 saturated heterocycles. The predicted molar refractivity (Wildman–Crippen MR) is 71.8 cm³/mol. The summed E-state index contributed by atoms with van der Waals surface area (Å²) in [5, 5.41) is 12.7. The van der Waals surface area contributed by atoms with E-state index in [1.807, 2.05) is 19.1 Å². The van der Waals surface area contributed by atoms with E-state index in [1.165, 1.54) is 0 Å². The Kier molecular flexibility index (Phi) is 5.11. The Labute approximate surface area is 110 Å². The molecule has 1 rings (SSSR count). The molecule has 0 radical (unpaired) electrons. The molecule has 0 aliphatic rings. The fraction of sp³-hybridized carbons (Fsp3) is 0.417. The molecule has 2 nitrogen and oxygen atoms in total. The van der Waals surface area contributed by atoms with Crippen LogP contribution >= 0.6 is 27.5 Å². The Morgan fingerprint density at radius 3 is 2.81 bits per heavy atom. The average Bonchev–Trinajstić information content (AvgIpc) is 2.25. The Morgan fingerprint density at radius 1 is 1.56 bits per heavy atom. The Bertz CT molecular complexity index is 412. The van der Waals surface area contributed by atoms with E-state index in [1.54, 1.807) is 0 Å². The maximum atomic E-state index is 8.69. The molecule has 0 aliphatic heterocycles. The zero-order valence-corrected chi connectivity index (χ0v) is 11.7. The largest absolute Gasteiger partial charge is 0.380 e. The quantitative estimate of drug-likeness (QED) is 0.888. The van der Waals surface area contributed by atoms with Crippen LogP contribution in [-0.4, -0.2) is 6.04 Å². The first-order valence-electron chi connectivity index (χ1n) is 5.17. The van der Waals surface area contributed by atoms with Crippen LogP contribution in [0.25, 0.3) is 0 Å². The number of nitrogens with one attached hydrogen (secondary N) is 1. The highest BCUT2D eigenvalue weighted by Crippen LogP contribution is 2.30. The average molecular weight is 302 g/mol. The number of benzene rings is 1. The minimum atomic E-state index is 0.167. The van der Waals surface area contributed by atoms with Crippen molar-refractivity contribution < 1.29 is 0 Å². The number of anilines is 1. The lowest BCUT2D eigenvalue weighted by molar-refractivity contribution is 0.711. The van der Waals surface area contributed by atoms with Crippen LogP contribution in [0.15, 0.2) is 16.6 Å². The summed E-state index contributed by atoms with van der Waals surface area (Å²) in [6.07, 6.45) is 1.40. The second-order valence-corrected chi connectivity index (χ2v) is 4.95. The third-order valence-electron chi connectivity index (χ3n) is 2.44. The maximum Gasteiger partial charge on any atom is 0.0643 e. The van der Waals surface area contributed by atoms with Gasteiger partial charge < -0.3 is 5.32 Å². The van der Waals surface area contributed by atoms with Crippen molar-refractivity contribution in [1.82, 2.24) is 0 Å². The first kappa shape index (κ1) is 13.3. The van der Waals surface area contributed by atoms with Gasteiger partial charge in [0.05, 0.1) is 18.2 Å². The van der Waals surface area contributed by atoms with Crippen LogP contribution in [-0.2, 0) is 0 Å². The minimum absolute atomic E-state index is 0.167. The highest BCUT2D eigenvalue weighted by atomic mass is 79.9. The third kappa shape index (κ3) is 3.40. The van der Waals surface area contributed by atoms with Gasteiger partial charge in [-0.3, -0.25) is 0 Å². The molecule has 0 aliphatic carbocycles. The molecule has 0 bridgehead atoms. The molecular formula is C12H14BrClN2. The van der Waals surface area contributed by atoms with Crippen LogP contribution in [0.1, 0.15) is 25.3 Å². The summed E-state index contributed by atoms with van der Waals surface area (Å²) < 4.78 is 0.978. The molecule has 0 heterocycles. The smallest absolute Gasteiger partial charge is 0.0643 e. The maximum absolute atomic E-state index is 8.69. The van der Waals surface area contributed by atoms with Crippen LogP contribution in [0.3, 0.4) is 0 Å². The van der Waals surface area contributed by atoms with Gasteiger partial charge in [-0.05, 0) is 47.0 Å². The molecule has 0 saturated carbocycles. The van der Waals surface area contributed by atoms with Gasteiger partial charge in [0.25, 0.3) is 0 Å². The van der Waals surface area contributed by atoms with Crippen molar-refractivity contribution in [2.45, 2.75) is 32.7 Å². The van der Waals surface area contributed by atoms with Crippen molar-refractivity contribution in [2.24, 2.45) is 0 Å². The van der Waals surface area contributed by atoms with Crippen LogP contribution in [0.5, 0.6) is 0 Å². The SMILES string of the molecule is CCC(CC#N)Nc1cc(Cl)c(C)cc1Br. The van der Waals surface area contributed by atoms with E-state index in [-0.39, 0.29) is 6.04 Å². The van der Waals surface area contributed by atoms with E-state index in [4.69, 9.17) is 16.9 Å². The van der Waals surface area contributed by atoms with E-state index in [9.17, 15) is 0 Å². The summed E-state index contributed by atoms with van der Waals surface area (Å²) in [5.74, 6) is 0. The van der Waals surface area contributed by atoms with Crippen molar-refractivity contribution >= 4 is 33.2 Å². The lowest BCUT2D eigenvalue weighted by Crippen LogP contribution is -2.17. The van der Waals surface area contributed by atoms with Crippen molar-refractivity contribution in [3.8, 4) is 6.07 Å². The number of aryl methyl sites for hydroxylation is 1. The van der Waals surface area contributed by atoms with Gasteiger partial charge in [-0.25, -0.2) is 0 Å². The molecule has 4 heteroatoms. The topological polar surface area (TPSA) is 35.8 Å². The molecule has 86 valence electrons. The Morgan fingerprint density at radius 2 is 2.25 bits per heavy atom. The lowest BCUT2D eigenvalue weighted by Gasteiger charge is -2.17. The first-order valence-corrected chi connectivity index (χ1v) is 6.34. The van der Waals surface area contributed by atoms with E-state index in [0.29, 0.717) is 6.42 Å². The van der Waals surface area contributed by atoms with E-state index in [0.717, 1.165) is 27.2 Å². The highest BCUT2D eigenvalue weighted by Gasteiger charge is 2.09. The van der Waals surface area contributed by atoms with Gasteiger partial charge in [-0.2, -0.15) is 5.26 Å². The number of nitrogens with zero attached hydrogens (tertiary/aromatic N) is 1. The number of nitriles is 1. The standard InChI is InChI=1S/C12H14BrClN2/c1-3-9(4-5-15)16-12-7-11(14)8(2)6-10(12)13/h6-7,9,16H,3-4H2,1-2H3. The molecule has 1 atom stereocenters. The number of rotatable bonds is 4. The van der Waals surface area contributed by atoms with Crippen molar-refractivity contribution in [3.05, 3.63) is 27.2 Å². The van der Waals surface area contributed by atoms with E-state index in [2.05, 4.69) is 34.2 Å². The van der Waals surface area contributed by atoms with Gasteiger partial charge in [0.2, 0.25) is 0 Å². The van der Waals surface area contributed by atoms with Gasteiger partial charge in [-0.15, -0.1) is 0 Å². The zero-order valence-electron chi connectivity index (χ0n) is 9.35. The van der Waals surface area contributed by atoms with Gasteiger partial charge in [0.1, 0.15) is 0 Å². The molecule has 0 fully saturated rings. The molecule has 0 spiro atoms. The van der Waals surface area contributed by atoms with Crippen LogP contribution in [0.2, 0.25) is 5.02 Å². The van der Waals surface area contributed by atoms with Crippen molar-refractivity contribution in [3.63, 3.8) is 0 Å². The molecule has 1 aromatic rings. The van der Waals surface area contributed by atoms with Crippen LogP contribution in [0, 0.1) is 18.3 Å². The molecule has 0 aromatic heterocycles. The lowest BCUT2D eigenvalue weighted by atomic mass is 10.1. The van der Waals surface area contributed by atoms with E-state index >= 15 is 0 Å². The summed E-state index contributed by atoms with van der Waals surface area (Å²) >= 11 is 9.55. The van der Waals surface area contributed by atoms with Crippen molar-refractivity contribution in [1.29, 1.82) is 5.26 Å². The van der Waals surface area contributed by atoms with Crippen molar-refractivity contribution in [2.75, 3.05) is 5.32 Å². The Hall–Kier alpha value is -0.720. The van der Waals surface area contributed by atoms with E-state index < -0.39 is 0 Å². The summed E-state index contributed by atoms with van der Waals surface area (Å²) in [7, 11) is 0. The number of halogens is 2. The molecule has 1 N–H and O–H groups in total. The predicted octanol–water partition coefficient (Wildman–Crippen LogP) is 4.52. The number of hydrogen-bond donors (Lipinski definition) is 1. The fourth-order valence-corrected chi connectivity index (χ4v) is 2.12. The molecule has 16 heavy (non-hydrogen) atoms. The third-order valence-corrected chi connectivity index (χ3v) is 3.50. The van der Waals surface area contributed by atoms with Crippen LogP contribution in [0.4, 0.5) is 5.69 Å². The summed E-state index contributed by atoms with van der Waals surface area (Å²) in [6.45, 7) is 4.02. The molecular weight excluding hydrogens is 288 g/mol. The first-order chi connectivity index (χ1) is 7.58. The van der Waals surface area contributed by atoms with Gasteiger partial charge in [0.15, 0.2) is 0 Å². The molecule has 1 aromatic carbocycles. The second-order valence-electron chi connectivity index (χ2n) is 3.69. The van der Waals surface area contributed by atoms with Gasteiger partial charge in [-0.1, -0.05) is 18.5 Å². The summed E-state index contributed by atoms with van der Waals surface area (Å²) in [6, 6.07) is 6.21. The Balaban J connectivity index is 2.88. The van der Waals surface area contributed by atoms with Crippen LogP contribution < -0.4 is 5.32 Å². The normalized spacial score (nSPS) is 11.9. The minimum Gasteiger partial charge on any atom is -0.380 e.